The quantitative estimate of drug-likeness (QED) is 0.667. The molecule has 6 heteroatoms. The molecule has 0 saturated heterocycles. The van der Waals surface area contributed by atoms with Crippen LogP contribution < -0.4 is 5.32 Å². The van der Waals surface area contributed by atoms with Crippen molar-refractivity contribution in [3.63, 3.8) is 0 Å². The summed E-state index contributed by atoms with van der Waals surface area (Å²) in [5.74, 6) is -0.324. The molecule has 0 radical (unpaired) electrons. The smallest absolute Gasteiger partial charge is 0.242 e. The molecule has 2 rings (SSSR count). The van der Waals surface area contributed by atoms with Crippen LogP contribution >= 0.6 is 23.2 Å². The Kier molecular flexibility index (Phi) is 8.34. The Morgan fingerprint density at radius 1 is 1.14 bits per heavy atom. The molecule has 1 atom stereocenters. The van der Waals surface area contributed by atoms with Crippen LogP contribution in [0.15, 0.2) is 42.5 Å². The Hall–Kier alpha value is -2.04. The molecule has 0 unspecified atom stereocenters. The highest BCUT2D eigenvalue weighted by molar-refractivity contribution is 6.35. The van der Waals surface area contributed by atoms with E-state index in [4.69, 9.17) is 23.2 Å². The second-order valence-corrected chi connectivity index (χ2v) is 7.73. The summed E-state index contributed by atoms with van der Waals surface area (Å²) in [6.07, 6.45) is 0.942. The van der Waals surface area contributed by atoms with Crippen molar-refractivity contribution in [3.8, 4) is 0 Å². The van der Waals surface area contributed by atoms with Gasteiger partial charge in [0.1, 0.15) is 6.04 Å². The molecule has 0 spiro atoms. The Morgan fingerprint density at radius 3 is 2.54 bits per heavy atom. The fourth-order valence-corrected chi connectivity index (χ4v) is 3.39. The number of nitrogens with zero attached hydrogens (tertiary/aromatic N) is 1. The molecule has 0 heterocycles. The first kappa shape index (κ1) is 22.3. The number of hydrogen-bond acceptors (Lipinski definition) is 2. The number of nitrogens with one attached hydrogen (secondary N) is 1. The second-order valence-electron chi connectivity index (χ2n) is 6.89. The van der Waals surface area contributed by atoms with E-state index in [1.807, 2.05) is 38.1 Å². The number of hydrogen-bond donors (Lipinski definition) is 1. The van der Waals surface area contributed by atoms with Crippen LogP contribution in [0.3, 0.4) is 0 Å². The highest BCUT2D eigenvalue weighted by Crippen LogP contribution is 2.22. The molecule has 0 aliphatic rings. The lowest BCUT2D eigenvalue weighted by atomic mass is 10.1. The van der Waals surface area contributed by atoms with Gasteiger partial charge in [0.2, 0.25) is 11.8 Å². The summed E-state index contributed by atoms with van der Waals surface area (Å²) in [7, 11) is 0. The first-order valence-electron chi connectivity index (χ1n) is 9.38. The average molecular weight is 421 g/mol. The van der Waals surface area contributed by atoms with E-state index in [-0.39, 0.29) is 18.2 Å². The molecule has 4 nitrogen and oxygen atoms in total. The van der Waals surface area contributed by atoms with Gasteiger partial charge in [0, 0.05) is 23.1 Å². The zero-order chi connectivity index (χ0) is 20.7. The number of rotatable bonds is 8. The highest BCUT2D eigenvalue weighted by Gasteiger charge is 2.26. The number of carbonyl (C=O) groups is 2. The van der Waals surface area contributed by atoms with Crippen LogP contribution in [0, 0.1) is 6.92 Å². The van der Waals surface area contributed by atoms with E-state index in [1.54, 1.807) is 30.0 Å². The standard InChI is InChI=1S/C22H26Cl2N2O2/c1-4-10-25-22(28)16(3)26(14-17-7-5-6-15(2)11-17)21(27)12-18-8-9-19(23)13-20(18)24/h5-9,11,13,16H,4,10,12,14H2,1-3H3,(H,25,28)/t16-/m0/s1. The highest BCUT2D eigenvalue weighted by atomic mass is 35.5. The maximum atomic E-state index is 13.1. The van der Waals surface area contributed by atoms with Crippen molar-refractivity contribution in [2.75, 3.05) is 6.54 Å². The van der Waals surface area contributed by atoms with Crippen molar-refractivity contribution < 1.29 is 9.59 Å². The number of benzene rings is 2. The van der Waals surface area contributed by atoms with Gasteiger partial charge in [-0.05, 0) is 43.5 Å². The summed E-state index contributed by atoms with van der Waals surface area (Å²) >= 11 is 12.2. The predicted molar refractivity (Wildman–Crippen MR) is 115 cm³/mol. The van der Waals surface area contributed by atoms with Gasteiger partial charge in [0.15, 0.2) is 0 Å². The average Bonchev–Trinajstić information content (AvgIpc) is 2.65. The summed E-state index contributed by atoms with van der Waals surface area (Å²) in [4.78, 5) is 27.2. The Morgan fingerprint density at radius 2 is 1.89 bits per heavy atom. The molecule has 1 N–H and O–H groups in total. The van der Waals surface area contributed by atoms with Gasteiger partial charge in [-0.2, -0.15) is 0 Å². The SMILES string of the molecule is CCCNC(=O)[C@H](C)N(Cc1cccc(C)c1)C(=O)Cc1ccc(Cl)cc1Cl. The minimum atomic E-state index is -0.592. The number of halogens is 2. The van der Waals surface area contributed by atoms with Crippen molar-refractivity contribution in [2.45, 2.75) is 46.2 Å². The largest absolute Gasteiger partial charge is 0.354 e. The number of aryl methyl sites for hydroxylation is 1. The zero-order valence-corrected chi connectivity index (χ0v) is 18.0. The van der Waals surface area contributed by atoms with Crippen LogP contribution in [0.25, 0.3) is 0 Å². The maximum Gasteiger partial charge on any atom is 0.242 e. The fourth-order valence-electron chi connectivity index (χ4n) is 2.92. The lowest BCUT2D eigenvalue weighted by Crippen LogP contribution is -2.48. The minimum Gasteiger partial charge on any atom is -0.354 e. The van der Waals surface area contributed by atoms with Gasteiger partial charge in [-0.1, -0.05) is 66.0 Å². The lowest BCUT2D eigenvalue weighted by molar-refractivity contribution is -0.140. The molecule has 0 aliphatic heterocycles. The monoisotopic (exact) mass is 420 g/mol. The topological polar surface area (TPSA) is 49.4 Å². The zero-order valence-electron chi connectivity index (χ0n) is 16.5. The fraction of sp³-hybridized carbons (Fsp3) is 0.364. The molecule has 28 heavy (non-hydrogen) atoms. The molecule has 0 bridgehead atoms. The summed E-state index contributed by atoms with van der Waals surface area (Å²) in [6.45, 7) is 6.68. The van der Waals surface area contributed by atoms with E-state index in [1.165, 1.54) is 0 Å². The molecule has 2 aromatic carbocycles. The van der Waals surface area contributed by atoms with Crippen LogP contribution in [0.2, 0.25) is 10.0 Å². The molecule has 0 fully saturated rings. The molecule has 0 aliphatic carbocycles. The second kappa shape index (κ2) is 10.5. The number of amides is 2. The summed E-state index contributed by atoms with van der Waals surface area (Å²) in [5, 5.41) is 3.83. The van der Waals surface area contributed by atoms with Crippen molar-refractivity contribution >= 4 is 35.0 Å². The van der Waals surface area contributed by atoms with Gasteiger partial charge >= 0.3 is 0 Å². The first-order valence-corrected chi connectivity index (χ1v) is 10.1. The van der Waals surface area contributed by atoms with Gasteiger partial charge in [-0.3, -0.25) is 9.59 Å². The van der Waals surface area contributed by atoms with Crippen LogP contribution in [-0.4, -0.2) is 29.3 Å². The molecule has 0 aromatic heterocycles. The molecular formula is C22H26Cl2N2O2. The molecular weight excluding hydrogens is 395 g/mol. The van der Waals surface area contributed by atoms with E-state index in [2.05, 4.69) is 5.32 Å². The van der Waals surface area contributed by atoms with Gasteiger partial charge in [0.25, 0.3) is 0 Å². The van der Waals surface area contributed by atoms with Gasteiger partial charge in [-0.15, -0.1) is 0 Å². The summed E-state index contributed by atoms with van der Waals surface area (Å²) in [6, 6.07) is 12.4. The van der Waals surface area contributed by atoms with E-state index < -0.39 is 6.04 Å². The summed E-state index contributed by atoms with van der Waals surface area (Å²) in [5.41, 5.74) is 2.77. The molecule has 2 aromatic rings. The molecule has 150 valence electrons. The van der Waals surface area contributed by atoms with Crippen molar-refractivity contribution in [1.82, 2.24) is 10.2 Å². The summed E-state index contributed by atoms with van der Waals surface area (Å²) < 4.78 is 0. The van der Waals surface area contributed by atoms with Crippen LogP contribution in [-0.2, 0) is 22.6 Å². The van der Waals surface area contributed by atoms with Gasteiger partial charge < -0.3 is 10.2 Å². The van der Waals surface area contributed by atoms with Crippen molar-refractivity contribution in [1.29, 1.82) is 0 Å². The van der Waals surface area contributed by atoms with Gasteiger partial charge in [0.05, 0.1) is 6.42 Å². The third kappa shape index (κ3) is 6.25. The molecule has 2 amide bonds. The van der Waals surface area contributed by atoms with Crippen LogP contribution in [0.5, 0.6) is 0 Å². The Bertz CT molecular complexity index is 839. The van der Waals surface area contributed by atoms with E-state index in [0.717, 1.165) is 17.5 Å². The third-order valence-corrected chi connectivity index (χ3v) is 5.10. The first-order chi connectivity index (χ1) is 13.3. The van der Waals surface area contributed by atoms with E-state index in [9.17, 15) is 9.59 Å². The minimum absolute atomic E-state index is 0.104. The predicted octanol–water partition coefficient (Wildman–Crippen LogP) is 4.79. The Balaban J connectivity index is 2.25. The number of carbonyl (C=O) groups excluding carboxylic acids is 2. The van der Waals surface area contributed by atoms with Gasteiger partial charge in [-0.25, -0.2) is 0 Å². The Labute approximate surface area is 176 Å². The normalized spacial score (nSPS) is 11.8. The maximum absolute atomic E-state index is 13.1. The van der Waals surface area contributed by atoms with Crippen molar-refractivity contribution in [3.05, 3.63) is 69.2 Å². The van der Waals surface area contributed by atoms with Crippen molar-refractivity contribution in [2.24, 2.45) is 0 Å². The van der Waals surface area contributed by atoms with Crippen LogP contribution in [0.1, 0.15) is 37.0 Å². The molecule has 0 saturated carbocycles. The van der Waals surface area contributed by atoms with E-state index >= 15 is 0 Å². The lowest BCUT2D eigenvalue weighted by Gasteiger charge is -2.29. The third-order valence-electron chi connectivity index (χ3n) is 4.51. The van der Waals surface area contributed by atoms with Crippen LogP contribution in [0.4, 0.5) is 0 Å². The van der Waals surface area contributed by atoms with E-state index in [0.29, 0.717) is 28.7 Å².